The lowest BCUT2D eigenvalue weighted by Gasteiger charge is -2.28. The van der Waals surface area contributed by atoms with Crippen molar-refractivity contribution in [2.75, 3.05) is 6.54 Å². The molecule has 3 amide bonds. The number of nitrogens with two attached hydrogens (primary N) is 1. The number of phenols is 1. The van der Waals surface area contributed by atoms with Crippen LogP contribution in [0.15, 0.2) is 36.8 Å². The van der Waals surface area contributed by atoms with Crippen LogP contribution in [0.4, 0.5) is 0 Å². The number of likely N-dealkylation sites (tertiary alicyclic amines) is 1. The van der Waals surface area contributed by atoms with Gasteiger partial charge < -0.3 is 41.6 Å². The van der Waals surface area contributed by atoms with E-state index in [2.05, 4.69) is 20.6 Å². The monoisotopic (exact) mass is 544 g/mol. The Morgan fingerprint density at radius 1 is 1.08 bits per heavy atom. The number of aromatic hydroxyl groups is 1. The molecule has 0 radical (unpaired) electrons. The van der Waals surface area contributed by atoms with Crippen LogP contribution >= 0.6 is 0 Å². The number of H-pyrrole nitrogens is 1. The van der Waals surface area contributed by atoms with Crippen LogP contribution in [0.5, 0.6) is 5.75 Å². The van der Waals surface area contributed by atoms with E-state index >= 15 is 0 Å². The van der Waals surface area contributed by atoms with E-state index in [4.69, 9.17) is 10.8 Å². The lowest BCUT2D eigenvalue weighted by Crippen LogP contribution is -2.57. The second kappa shape index (κ2) is 13.4. The van der Waals surface area contributed by atoms with E-state index in [0.717, 1.165) is 0 Å². The third-order valence-corrected chi connectivity index (χ3v) is 6.42. The maximum absolute atomic E-state index is 13.2. The molecule has 0 aliphatic carbocycles. The van der Waals surface area contributed by atoms with Crippen molar-refractivity contribution in [3.8, 4) is 5.75 Å². The SMILES string of the molecule is NC(Cc1cnc[nH]1)C(=O)N1CCCC1C(=O)NC(CCC(=O)O)C(=O)NC(Cc1ccc(O)cc1)C(=O)O. The number of amides is 3. The highest BCUT2D eigenvalue weighted by atomic mass is 16.4. The fraction of sp³-hybridized carbons (Fsp3) is 0.440. The van der Waals surface area contributed by atoms with E-state index in [1.54, 1.807) is 6.20 Å². The summed E-state index contributed by atoms with van der Waals surface area (Å²) in [4.78, 5) is 70.3. The number of benzene rings is 1. The van der Waals surface area contributed by atoms with Gasteiger partial charge in [0.25, 0.3) is 0 Å². The van der Waals surface area contributed by atoms with Crippen LogP contribution in [0.2, 0.25) is 0 Å². The lowest BCUT2D eigenvalue weighted by molar-refractivity contribution is -0.143. The normalized spacial score (nSPS) is 17.2. The lowest BCUT2D eigenvalue weighted by atomic mass is 10.0. The van der Waals surface area contributed by atoms with Gasteiger partial charge in [-0.15, -0.1) is 0 Å². The molecule has 8 N–H and O–H groups in total. The van der Waals surface area contributed by atoms with Crippen LogP contribution in [0.3, 0.4) is 0 Å². The molecule has 1 aromatic heterocycles. The van der Waals surface area contributed by atoms with Gasteiger partial charge in [-0.05, 0) is 37.0 Å². The van der Waals surface area contributed by atoms with Gasteiger partial charge >= 0.3 is 11.9 Å². The molecule has 1 aliphatic heterocycles. The Balaban J connectivity index is 1.68. The molecule has 0 bridgehead atoms. The number of aromatic nitrogens is 2. The number of nitrogens with one attached hydrogen (secondary N) is 3. The summed E-state index contributed by atoms with van der Waals surface area (Å²) in [5.41, 5.74) is 7.25. The molecule has 4 atom stereocenters. The van der Waals surface area contributed by atoms with Gasteiger partial charge in [0.05, 0.1) is 12.4 Å². The molecule has 0 spiro atoms. The molecule has 3 rings (SSSR count). The van der Waals surface area contributed by atoms with Gasteiger partial charge in [-0.25, -0.2) is 9.78 Å². The molecule has 1 aromatic carbocycles. The van der Waals surface area contributed by atoms with Gasteiger partial charge in [0, 0.05) is 37.7 Å². The van der Waals surface area contributed by atoms with Gasteiger partial charge in [-0.3, -0.25) is 19.2 Å². The maximum atomic E-state index is 13.2. The number of hydrogen-bond donors (Lipinski definition) is 7. The number of phenolic OH excluding ortho intramolecular Hbond substituents is 1. The number of nitrogens with zero attached hydrogens (tertiary/aromatic N) is 2. The summed E-state index contributed by atoms with van der Waals surface area (Å²) in [6.45, 7) is 0.285. The maximum Gasteiger partial charge on any atom is 0.326 e. The quantitative estimate of drug-likeness (QED) is 0.165. The highest BCUT2D eigenvalue weighted by Crippen LogP contribution is 2.20. The minimum Gasteiger partial charge on any atom is -0.508 e. The summed E-state index contributed by atoms with van der Waals surface area (Å²) in [5.74, 6) is -4.53. The zero-order chi connectivity index (χ0) is 28.5. The van der Waals surface area contributed by atoms with Crippen molar-refractivity contribution in [1.29, 1.82) is 0 Å². The third-order valence-electron chi connectivity index (χ3n) is 6.42. The minimum atomic E-state index is -1.38. The molecule has 0 saturated carbocycles. The van der Waals surface area contributed by atoms with Crippen molar-refractivity contribution in [3.05, 3.63) is 48.0 Å². The minimum absolute atomic E-state index is 0.00666. The zero-order valence-corrected chi connectivity index (χ0v) is 21.1. The highest BCUT2D eigenvalue weighted by molar-refractivity contribution is 5.94. The highest BCUT2D eigenvalue weighted by Gasteiger charge is 2.38. The molecular formula is C25H32N6O8. The number of aliphatic carboxylic acids is 2. The average Bonchev–Trinajstić information content (AvgIpc) is 3.59. The third kappa shape index (κ3) is 8.26. The predicted octanol–water partition coefficient (Wildman–Crippen LogP) is -0.862. The molecule has 210 valence electrons. The molecule has 39 heavy (non-hydrogen) atoms. The molecular weight excluding hydrogens is 512 g/mol. The van der Waals surface area contributed by atoms with Gasteiger partial charge in [-0.2, -0.15) is 0 Å². The molecule has 2 aromatic rings. The number of aromatic amines is 1. The second-order valence-corrected chi connectivity index (χ2v) is 9.34. The number of imidazole rings is 1. The summed E-state index contributed by atoms with van der Waals surface area (Å²) in [6.07, 6.45) is 3.17. The molecule has 4 unspecified atom stereocenters. The Kier molecular flexibility index (Phi) is 9.98. The van der Waals surface area contributed by atoms with E-state index < -0.39 is 60.2 Å². The first-order chi connectivity index (χ1) is 18.5. The summed E-state index contributed by atoms with van der Waals surface area (Å²) in [6, 6.07) is 1.18. The van der Waals surface area contributed by atoms with E-state index in [9.17, 15) is 34.2 Å². The largest absolute Gasteiger partial charge is 0.508 e. The second-order valence-electron chi connectivity index (χ2n) is 9.34. The molecule has 14 nitrogen and oxygen atoms in total. The number of carboxylic acids is 2. The van der Waals surface area contributed by atoms with Crippen molar-refractivity contribution in [2.45, 2.75) is 62.7 Å². The van der Waals surface area contributed by atoms with Gasteiger partial charge in [0.1, 0.15) is 23.9 Å². The van der Waals surface area contributed by atoms with Crippen molar-refractivity contribution >= 4 is 29.7 Å². The van der Waals surface area contributed by atoms with Crippen molar-refractivity contribution in [3.63, 3.8) is 0 Å². The Bertz CT molecular complexity index is 1170. The van der Waals surface area contributed by atoms with E-state index in [0.29, 0.717) is 24.1 Å². The van der Waals surface area contributed by atoms with Gasteiger partial charge in [0.15, 0.2) is 0 Å². The van der Waals surface area contributed by atoms with Crippen LogP contribution < -0.4 is 16.4 Å². The fourth-order valence-corrected chi connectivity index (χ4v) is 4.38. The molecule has 1 aliphatic rings. The topological polar surface area (TPSA) is 228 Å². The summed E-state index contributed by atoms with van der Waals surface area (Å²) in [5, 5.41) is 33.0. The van der Waals surface area contributed by atoms with E-state index in [1.165, 1.54) is 35.5 Å². The Morgan fingerprint density at radius 3 is 2.41 bits per heavy atom. The molecule has 1 saturated heterocycles. The van der Waals surface area contributed by atoms with Crippen molar-refractivity contribution in [2.24, 2.45) is 5.73 Å². The van der Waals surface area contributed by atoms with Crippen LogP contribution in [-0.4, -0.2) is 90.6 Å². The molecule has 14 heteroatoms. The predicted molar refractivity (Wildman–Crippen MR) is 135 cm³/mol. The first kappa shape index (κ1) is 29.1. The molecule has 1 fully saturated rings. The Labute approximate surface area is 223 Å². The van der Waals surface area contributed by atoms with Crippen LogP contribution in [0, 0.1) is 0 Å². The number of hydrogen-bond acceptors (Lipinski definition) is 8. The van der Waals surface area contributed by atoms with Gasteiger partial charge in [0.2, 0.25) is 17.7 Å². The fourth-order valence-electron chi connectivity index (χ4n) is 4.38. The van der Waals surface area contributed by atoms with Crippen LogP contribution in [0.1, 0.15) is 36.9 Å². The standard InChI is InChI=1S/C25H32N6O8/c26-17(11-15-12-27-13-28-15)24(37)31-9-1-2-20(31)23(36)29-18(7-8-21(33)34)22(35)30-19(25(38)39)10-14-3-5-16(32)6-4-14/h3-6,12-13,17-20,32H,1-2,7-11,26H2,(H,27,28)(H,29,36)(H,30,35)(H,33,34)(H,38,39). The number of carbonyl (C=O) groups excluding carboxylic acids is 3. The zero-order valence-electron chi connectivity index (χ0n) is 21.1. The Hall–Kier alpha value is -4.46. The number of rotatable bonds is 13. The smallest absolute Gasteiger partial charge is 0.326 e. The average molecular weight is 545 g/mol. The van der Waals surface area contributed by atoms with Gasteiger partial charge in [-0.1, -0.05) is 12.1 Å². The van der Waals surface area contributed by atoms with Crippen LogP contribution in [-0.2, 0) is 36.8 Å². The number of carbonyl (C=O) groups is 5. The van der Waals surface area contributed by atoms with Crippen molar-refractivity contribution < 1.29 is 39.3 Å². The summed E-state index contributed by atoms with van der Waals surface area (Å²) in [7, 11) is 0. The molecule has 2 heterocycles. The summed E-state index contributed by atoms with van der Waals surface area (Å²) < 4.78 is 0. The number of carboxylic acid groups (broad SMARTS) is 2. The first-order valence-corrected chi connectivity index (χ1v) is 12.4. The first-order valence-electron chi connectivity index (χ1n) is 12.4. The van der Waals surface area contributed by atoms with Crippen molar-refractivity contribution in [1.82, 2.24) is 25.5 Å². The Morgan fingerprint density at radius 2 is 1.79 bits per heavy atom. The van der Waals surface area contributed by atoms with E-state index in [1.807, 2.05) is 0 Å². The van der Waals surface area contributed by atoms with Crippen LogP contribution in [0.25, 0.3) is 0 Å². The van der Waals surface area contributed by atoms with E-state index in [-0.39, 0.29) is 31.6 Å². The summed E-state index contributed by atoms with van der Waals surface area (Å²) >= 11 is 0.